The Balaban J connectivity index is 2.68. The van der Waals surface area contributed by atoms with E-state index in [-0.39, 0.29) is 17.9 Å². The van der Waals surface area contributed by atoms with Crippen molar-refractivity contribution in [3.05, 3.63) is 22.4 Å². The Kier molecular flexibility index (Phi) is 5.65. The zero-order chi connectivity index (χ0) is 12.8. The Hall–Kier alpha value is -0.870. The van der Waals surface area contributed by atoms with Crippen LogP contribution < -0.4 is 5.73 Å². The predicted molar refractivity (Wildman–Crippen MR) is 72.8 cm³/mol. The van der Waals surface area contributed by atoms with Crippen LogP contribution in [0.2, 0.25) is 0 Å². The Morgan fingerprint density at radius 3 is 2.65 bits per heavy atom. The summed E-state index contributed by atoms with van der Waals surface area (Å²) in [6.07, 6.45) is 0.756. The van der Waals surface area contributed by atoms with Crippen LogP contribution in [0, 0.1) is 5.92 Å². The van der Waals surface area contributed by atoms with Crippen LogP contribution >= 0.6 is 11.3 Å². The summed E-state index contributed by atoms with van der Waals surface area (Å²) in [6, 6.07) is 4.32. The van der Waals surface area contributed by atoms with E-state index >= 15 is 0 Å². The quantitative estimate of drug-likeness (QED) is 0.847. The Bertz CT molecular complexity index is 335. The standard InChI is InChI=1S/C13H22N2OS/c1-10(2)15(9-12-5-4-8-17-12)13(16)11(3)6-7-14/h4-5,8,10-11H,6-7,9,14H2,1-3H3. The van der Waals surface area contributed by atoms with Crippen molar-refractivity contribution in [2.24, 2.45) is 11.7 Å². The average molecular weight is 254 g/mol. The number of thiophene rings is 1. The first-order valence-electron chi connectivity index (χ1n) is 6.09. The summed E-state index contributed by atoms with van der Waals surface area (Å²) in [5, 5.41) is 2.04. The largest absolute Gasteiger partial charge is 0.335 e. The SMILES string of the molecule is CC(CCN)C(=O)N(Cc1cccs1)C(C)C. The van der Waals surface area contributed by atoms with Gasteiger partial charge in [-0.3, -0.25) is 4.79 Å². The molecule has 1 heterocycles. The molecular weight excluding hydrogens is 232 g/mol. The number of amides is 1. The highest BCUT2D eigenvalue weighted by Crippen LogP contribution is 2.17. The minimum Gasteiger partial charge on any atom is -0.335 e. The van der Waals surface area contributed by atoms with Crippen LogP contribution in [0.4, 0.5) is 0 Å². The fourth-order valence-electron chi connectivity index (χ4n) is 1.74. The van der Waals surface area contributed by atoms with E-state index in [9.17, 15) is 4.79 Å². The molecule has 0 spiro atoms. The van der Waals surface area contributed by atoms with Crippen molar-refractivity contribution < 1.29 is 4.79 Å². The summed E-state index contributed by atoms with van der Waals surface area (Å²) in [6.45, 7) is 7.35. The normalized spacial score (nSPS) is 12.8. The third kappa shape index (κ3) is 4.13. The molecule has 0 bridgehead atoms. The third-order valence-corrected chi connectivity index (χ3v) is 3.70. The number of rotatable bonds is 6. The molecule has 0 aliphatic heterocycles. The van der Waals surface area contributed by atoms with Gasteiger partial charge in [0.05, 0.1) is 6.54 Å². The van der Waals surface area contributed by atoms with Gasteiger partial charge in [0.25, 0.3) is 0 Å². The monoisotopic (exact) mass is 254 g/mol. The van der Waals surface area contributed by atoms with Crippen molar-refractivity contribution in [3.8, 4) is 0 Å². The van der Waals surface area contributed by atoms with E-state index in [1.54, 1.807) is 11.3 Å². The first-order valence-corrected chi connectivity index (χ1v) is 6.97. The second kappa shape index (κ2) is 6.77. The minimum atomic E-state index is 0.0161. The lowest BCUT2D eigenvalue weighted by Gasteiger charge is -2.29. The molecule has 0 aromatic carbocycles. The molecule has 0 aliphatic rings. The fraction of sp³-hybridized carbons (Fsp3) is 0.615. The zero-order valence-electron chi connectivity index (χ0n) is 10.8. The van der Waals surface area contributed by atoms with Crippen LogP contribution in [0.1, 0.15) is 32.1 Å². The summed E-state index contributed by atoms with van der Waals surface area (Å²) in [7, 11) is 0. The minimum absolute atomic E-state index is 0.0161. The van der Waals surface area contributed by atoms with E-state index in [4.69, 9.17) is 5.73 Å². The first kappa shape index (κ1) is 14.2. The average Bonchev–Trinajstić information content (AvgIpc) is 2.77. The summed E-state index contributed by atoms with van der Waals surface area (Å²) < 4.78 is 0. The summed E-state index contributed by atoms with van der Waals surface area (Å²) in [5.41, 5.74) is 5.51. The van der Waals surface area contributed by atoms with Gasteiger partial charge in [-0.2, -0.15) is 0 Å². The molecule has 1 unspecified atom stereocenters. The molecular formula is C13H22N2OS. The van der Waals surface area contributed by atoms with E-state index in [1.807, 2.05) is 23.3 Å². The number of hydrogen-bond donors (Lipinski definition) is 1. The molecule has 1 aromatic rings. The molecule has 2 N–H and O–H groups in total. The highest BCUT2D eigenvalue weighted by atomic mass is 32.1. The lowest BCUT2D eigenvalue weighted by molar-refractivity contribution is -0.137. The van der Waals surface area contributed by atoms with Gasteiger partial charge in [0, 0.05) is 16.8 Å². The summed E-state index contributed by atoms with van der Waals surface area (Å²) in [4.78, 5) is 15.4. The molecule has 17 heavy (non-hydrogen) atoms. The van der Waals surface area contributed by atoms with Crippen LogP contribution in [0.5, 0.6) is 0 Å². The second-order valence-corrected chi connectivity index (χ2v) is 5.65. The number of hydrogen-bond acceptors (Lipinski definition) is 3. The van der Waals surface area contributed by atoms with Gasteiger partial charge in [0.15, 0.2) is 0 Å². The van der Waals surface area contributed by atoms with E-state index < -0.39 is 0 Å². The topological polar surface area (TPSA) is 46.3 Å². The van der Waals surface area contributed by atoms with E-state index in [0.29, 0.717) is 13.1 Å². The van der Waals surface area contributed by atoms with Gasteiger partial charge in [0.1, 0.15) is 0 Å². The van der Waals surface area contributed by atoms with Crippen molar-refractivity contribution in [2.45, 2.75) is 39.8 Å². The Morgan fingerprint density at radius 1 is 1.47 bits per heavy atom. The maximum absolute atomic E-state index is 12.3. The molecule has 96 valence electrons. The van der Waals surface area contributed by atoms with Crippen molar-refractivity contribution in [1.29, 1.82) is 0 Å². The maximum Gasteiger partial charge on any atom is 0.226 e. The lowest BCUT2D eigenvalue weighted by Crippen LogP contribution is -2.40. The van der Waals surface area contributed by atoms with Gasteiger partial charge < -0.3 is 10.6 Å². The van der Waals surface area contributed by atoms with Gasteiger partial charge in [0.2, 0.25) is 5.91 Å². The molecule has 0 saturated heterocycles. The lowest BCUT2D eigenvalue weighted by atomic mass is 10.1. The van der Waals surface area contributed by atoms with Gasteiger partial charge in [-0.05, 0) is 38.3 Å². The van der Waals surface area contributed by atoms with E-state index in [2.05, 4.69) is 19.9 Å². The molecule has 1 aromatic heterocycles. The maximum atomic E-state index is 12.3. The smallest absolute Gasteiger partial charge is 0.226 e. The van der Waals surface area contributed by atoms with Crippen LogP contribution in [0.3, 0.4) is 0 Å². The molecule has 0 fully saturated rings. The third-order valence-electron chi connectivity index (χ3n) is 2.83. The second-order valence-electron chi connectivity index (χ2n) is 4.62. The fourth-order valence-corrected chi connectivity index (χ4v) is 2.44. The van der Waals surface area contributed by atoms with Crippen molar-refractivity contribution >= 4 is 17.2 Å². The molecule has 3 nitrogen and oxygen atoms in total. The number of nitrogens with zero attached hydrogens (tertiary/aromatic N) is 1. The highest BCUT2D eigenvalue weighted by molar-refractivity contribution is 7.09. The summed E-state index contributed by atoms with van der Waals surface area (Å²) in [5.74, 6) is 0.223. The van der Waals surface area contributed by atoms with E-state index in [1.165, 1.54) is 4.88 Å². The summed E-state index contributed by atoms with van der Waals surface area (Å²) >= 11 is 1.69. The van der Waals surface area contributed by atoms with Crippen molar-refractivity contribution in [1.82, 2.24) is 4.90 Å². The molecule has 1 rings (SSSR count). The van der Waals surface area contributed by atoms with Crippen molar-refractivity contribution in [2.75, 3.05) is 6.54 Å². The highest BCUT2D eigenvalue weighted by Gasteiger charge is 2.22. The van der Waals surface area contributed by atoms with Crippen LogP contribution in [-0.4, -0.2) is 23.4 Å². The van der Waals surface area contributed by atoms with Gasteiger partial charge in [-0.25, -0.2) is 0 Å². The van der Waals surface area contributed by atoms with Crippen LogP contribution in [-0.2, 0) is 11.3 Å². The number of carbonyl (C=O) groups excluding carboxylic acids is 1. The molecule has 1 amide bonds. The van der Waals surface area contributed by atoms with Gasteiger partial charge in [-0.15, -0.1) is 11.3 Å². The molecule has 0 radical (unpaired) electrons. The van der Waals surface area contributed by atoms with Crippen LogP contribution in [0.25, 0.3) is 0 Å². The van der Waals surface area contributed by atoms with Crippen molar-refractivity contribution in [3.63, 3.8) is 0 Å². The first-order chi connectivity index (χ1) is 8.06. The molecule has 1 atom stereocenters. The van der Waals surface area contributed by atoms with E-state index in [0.717, 1.165) is 6.42 Å². The molecule has 0 aliphatic carbocycles. The van der Waals surface area contributed by atoms with Gasteiger partial charge in [-0.1, -0.05) is 13.0 Å². The number of carbonyl (C=O) groups is 1. The zero-order valence-corrected chi connectivity index (χ0v) is 11.7. The number of nitrogens with two attached hydrogens (primary N) is 1. The Labute approximate surface area is 108 Å². The van der Waals surface area contributed by atoms with Crippen LogP contribution in [0.15, 0.2) is 17.5 Å². The van der Waals surface area contributed by atoms with Gasteiger partial charge >= 0.3 is 0 Å². The Morgan fingerprint density at radius 2 is 2.18 bits per heavy atom. The molecule has 4 heteroatoms. The predicted octanol–water partition coefficient (Wildman–Crippen LogP) is 2.47. The molecule has 0 saturated carbocycles.